The van der Waals surface area contributed by atoms with E-state index in [0.29, 0.717) is 29.8 Å². The van der Waals surface area contributed by atoms with Gasteiger partial charge in [0, 0.05) is 18.8 Å². The molecule has 1 N–H and O–H groups in total. The Labute approximate surface area is 249 Å². The molecule has 2 fully saturated rings. The topological polar surface area (TPSA) is 55.8 Å². The molecule has 2 rings (SSSR count). The van der Waals surface area contributed by atoms with Crippen LogP contribution in [0.2, 0.25) is 36.3 Å². The number of aliphatic carboxylic acids is 1. The first kappa shape index (κ1) is 35.1. The Bertz CT molecular complexity index is 877. The maximum atomic E-state index is 10.9. The van der Waals surface area contributed by atoms with Crippen LogP contribution in [-0.4, -0.2) is 39.9 Å². The Morgan fingerprint density at radius 2 is 1.65 bits per heavy atom. The van der Waals surface area contributed by atoms with Gasteiger partial charge < -0.3 is 14.0 Å². The second-order valence-electron chi connectivity index (χ2n) is 12.5. The van der Waals surface area contributed by atoms with E-state index >= 15 is 0 Å². The summed E-state index contributed by atoms with van der Waals surface area (Å²) >= 11 is 0. The van der Waals surface area contributed by atoms with E-state index in [2.05, 4.69) is 78.5 Å². The molecule has 228 valence electrons. The fourth-order valence-corrected chi connectivity index (χ4v) is 13.0. The molecular weight excluding hydrogens is 529 g/mol. The van der Waals surface area contributed by atoms with Crippen molar-refractivity contribution >= 4 is 22.6 Å². The van der Waals surface area contributed by atoms with Crippen LogP contribution in [0.5, 0.6) is 0 Å². The lowest BCUT2D eigenvalue weighted by Crippen LogP contribution is -2.42. The second-order valence-corrected chi connectivity index (χ2v) is 22.0. The quantitative estimate of drug-likeness (QED) is 0.0749. The van der Waals surface area contributed by atoms with Crippen LogP contribution in [0.1, 0.15) is 100 Å². The van der Waals surface area contributed by atoms with Gasteiger partial charge in [0.2, 0.25) is 0 Å². The SMILES string of the molecule is CC#CCC(C)[C@@H](C=C[C@@H]1[C@H]2CC(=CCCCC(=O)O)C[C@H]2C[C@H]1O[Si](CC)(CC)CC)O[Si](CC)(CC)CC. The molecule has 2 aliphatic carbocycles. The van der Waals surface area contributed by atoms with E-state index in [1.54, 1.807) is 0 Å². The molecule has 0 aromatic heterocycles. The van der Waals surface area contributed by atoms with Gasteiger partial charge >= 0.3 is 5.97 Å². The molecule has 0 bridgehead atoms. The Hall–Kier alpha value is -1.14. The summed E-state index contributed by atoms with van der Waals surface area (Å²) in [5, 5.41) is 9.01. The van der Waals surface area contributed by atoms with Gasteiger partial charge in [0.25, 0.3) is 0 Å². The lowest BCUT2D eigenvalue weighted by molar-refractivity contribution is -0.137. The number of carboxylic acids is 1. The van der Waals surface area contributed by atoms with Crippen LogP contribution in [0.15, 0.2) is 23.8 Å². The number of hydrogen-bond acceptors (Lipinski definition) is 3. The number of hydrogen-bond donors (Lipinski definition) is 1. The van der Waals surface area contributed by atoms with Crippen LogP contribution in [0.4, 0.5) is 0 Å². The summed E-state index contributed by atoms with van der Waals surface area (Å²) in [6, 6.07) is 7.03. The van der Waals surface area contributed by atoms with Gasteiger partial charge in [-0.3, -0.25) is 4.79 Å². The summed E-state index contributed by atoms with van der Waals surface area (Å²) in [5.41, 5.74) is 1.54. The van der Waals surface area contributed by atoms with Crippen molar-refractivity contribution in [3.63, 3.8) is 0 Å². The number of unbranched alkanes of at least 4 members (excludes halogenated alkanes) is 1. The van der Waals surface area contributed by atoms with Gasteiger partial charge in [0.15, 0.2) is 16.6 Å². The van der Waals surface area contributed by atoms with Gasteiger partial charge in [-0.15, -0.1) is 11.8 Å². The normalized spacial score (nSPS) is 25.6. The zero-order valence-corrected chi connectivity index (χ0v) is 29.1. The van der Waals surface area contributed by atoms with Crippen molar-refractivity contribution in [2.75, 3.05) is 0 Å². The van der Waals surface area contributed by atoms with Crippen LogP contribution in [0.3, 0.4) is 0 Å². The molecule has 6 atom stereocenters. The van der Waals surface area contributed by atoms with Crippen molar-refractivity contribution in [3.05, 3.63) is 23.8 Å². The Balaban J connectivity index is 2.35. The zero-order chi connectivity index (χ0) is 29.8. The van der Waals surface area contributed by atoms with Gasteiger partial charge in [-0.25, -0.2) is 0 Å². The Morgan fingerprint density at radius 1 is 1.02 bits per heavy atom. The summed E-state index contributed by atoms with van der Waals surface area (Å²) in [6.07, 6.45) is 13.9. The van der Waals surface area contributed by atoms with Crippen LogP contribution < -0.4 is 0 Å². The first-order chi connectivity index (χ1) is 19.2. The Morgan fingerprint density at radius 3 is 2.20 bits per heavy atom. The molecule has 0 aliphatic heterocycles. The first-order valence-electron chi connectivity index (χ1n) is 16.5. The number of allylic oxidation sites excluding steroid dienone is 2. The molecule has 2 aliphatic rings. The van der Waals surface area contributed by atoms with Gasteiger partial charge in [-0.05, 0) is 93.0 Å². The number of rotatable bonds is 18. The van der Waals surface area contributed by atoms with Crippen LogP contribution in [0, 0.1) is 35.5 Å². The summed E-state index contributed by atoms with van der Waals surface area (Å²) in [4.78, 5) is 10.9. The van der Waals surface area contributed by atoms with E-state index in [9.17, 15) is 4.79 Å². The minimum atomic E-state index is -1.77. The second kappa shape index (κ2) is 17.1. The molecule has 0 heterocycles. The molecule has 1 unspecified atom stereocenters. The fraction of sp³-hybridized carbons (Fsp3) is 0.794. The predicted molar refractivity (Wildman–Crippen MR) is 174 cm³/mol. The van der Waals surface area contributed by atoms with Gasteiger partial charge in [0.05, 0.1) is 12.2 Å². The number of carbonyl (C=O) groups is 1. The smallest absolute Gasteiger partial charge is 0.303 e. The molecule has 2 saturated carbocycles. The summed E-state index contributed by atoms with van der Waals surface area (Å²) in [5.74, 6) is 7.78. The van der Waals surface area contributed by atoms with E-state index in [4.69, 9.17) is 14.0 Å². The highest BCUT2D eigenvalue weighted by Gasteiger charge is 2.48. The molecule has 0 aromatic rings. The van der Waals surface area contributed by atoms with E-state index < -0.39 is 22.6 Å². The number of fused-ring (bicyclic) bond motifs is 1. The number of carboxylic acid groups (broad SMARTS) is 1. The lowest BCUT2D eigenvalue weighted by Gasteiger charge is -2.36. The van der Waals surface area contributed by atoms with Crippen LogP contribution >= 0.6 is 0 Å². The van der Waals surface area contributed by atoms with Crippen molar-refractivity contribution in [3.8, 4) is 11.8 Å². The predicted octanol–water partition coefficient (Wildman–Crippen LogP) is 9.60. The molecule has 0 spiro atoms. The highest BCUT2D eigenvalue weighted by molar-refractivity contribution is 6.74. The third-order valence-corrected chi connectivity index (χ3v) is 19.8. The van der Waals surface area contributed by atoms with E-state index in [1.807, 2.05) is 6.92 Å². The lowest BCUT2D eigenvalue weighted by atomic mass is 9.89. The maximum absolute atomic E-state index is 10.9. The maximum Gasteiger partial charge on any atom is 0.303 e. The molecule has 0 aromatic carbocycles. The summed E-state index contributed by atoms with van der Waals surface area (Å²) < 4.78 is 14.3. The van der Waals surface area contributed by atoms with Crippen molar-refractivity contribution in [1.29, 1.82) is 0 Å². The van der Waals surface area contributed by atoms with Crippen LogP contribution in [-0.2, 0) is 13.6 Å². The monoisotopic (exact) mass is 588 g/mol. The van der Waals surface area contributed by atoms with Crippen molar-refractivity contribution in [2.24, 2.45) is 23.7 Å². The van der Waals surface area contributed by atoms with Crippen molar-refractivity contribution < 1.29 is 18.8 Å². The van der Waals surface area contributed by atoms with Crippen molar-refractivity contribution in [1.82, 2.24) is 0 Å². The third-order valence-electron chi connectivity index (χ3n) is 10.5. The van der Waals surface area contributed by atoms with Gasteiger partial charge in [-0.2, -0.15) is 0 Å². The standard InChI is InChI=1S/C34H60O4Si2/c1-9-16-19-27(8)32(37-39(10-2,11-3)12-4)23-22-30-31-25-28(20-17-18-21-34(35)36)24-29(31)26-33(30)38-40(13-5,14-6)15-7/h20,22-23,27,29-33H,10-15,17-19,21,24-26H2,1-8H3,(H,35,36)/t27?,29-,30+,31-,32+,33+/m0/s1. The van der Waals surface area contributed by atoms with Gasteiger partial charge in [0.1, 0.15) is 0 Å². The Kier molecular flexibility index (Phi) is 15.0. The minimum Gasteiger partial charge on any atom is -0.481 e. The third kappa shape index (κ3) is 9.44. The highest BCUT2D eigenvalue weighted by atomic mass is 28.4. The molecule has 4 nitrogen and oxygen atoms in total. The van der Waals surface area contributed by atoms with E-state index in [-0.39, 0.29) is 12.5 Å². The molecular formula is C34H60O4Si2. The zero-order valence-electron chi connectivity index (χ0n) is 27.1. The highest BCUT2D eigenvalue weighted by Crippen LogP contribution is 2.52. The average molecular weight is 589 g/mol. The van der Waals surface area contributed by atoms with Crippen LogP contribution in [0.25, 0.3) is 0 Å². The first-order valence-corrected chi connectivity index (χ1v) is 21.5. The minimum absolute atomic E-state index is 0.102. The summed E-state index contributed by atoms with van der Waals surface area (Å²) in [6.45, 7) is 18.2. The summed E-state index contributed by atoms with van der Waals surface area (Å²) in [7, 11) is -3.49. The van der Waals surface area contributed by atoms with E-state index in [1.165, 1.54) is 23.7 Å². The van der Waals surface area contributed by atoms with E-state index in [0.717, 1.165) is 56.7 Å². The van der Waals surface area contributed by atoms with Gasteiger partial charge in [-0.1, -0.05) is 72.3 Å². The molecule has 0 radical (unpaired) electrons. The van der Waals surface area contributed by atoms with Crippen molar-refractivity contribution in [2.45, 2.75) is 149 Å². The molecule has 40 heavy (non-hydrogen) atoms. The molecule has 6 heteroatoms. The average Bonchev–Trinajstić information content (AvgIpc) is 3.50. The molecule has 0 saturated heterocycles. The fourth-order valence-electron chi connectivity index (χ4n) is 7.17. The largest absolute Gasteiger partial charge is 0.481 e. The molecule has 0 amide bonds.